The van der Waals surface area contributed by atoms with E-state index in [4.69, 9.17) is 33.2 Å². The number of halogens is 6. The first-order valence-electron chi connectivity index (χ1n) is 35.3. The fraction of sp³-hybridized carbons (Fsp3) is 0.282. The first-order chi connectivity index (χ1) is 54.2. The minimum atomic E-state index is -0.944. The monoisotopic (exact) mass is 1590 g/mol. The number of carbonyl (C=O) groups is 5. The van der Waals surface area contributed by atoms with Gasteiger partial charge in [0.25, 0.3) is 17.7 Å². The Labute approximate surface area is 645 Å². The normalized spacial score (nSPS) is 20.3. The molecule has 0 unspecified atom stereocenters. The summed E-state index contributed by atoms with van der Waals surface area (Å²) in [5.41, 5.74) is 2.64. The molecule has 3 fully saturated rings. The smallest absolute Gasteiger partial charge is 0.305 e. The first-order valence-corrected chi connectivity index (χ1v) is 38.2. The molecule has 9 aliphatic rings. The molecule has 3 aromatic heterocycles. The Kier molecular flexibility index (Phi) is 20.6. The molecule has 6 aromatic carbocycles. The molecular formula is C78H65F6N9O16S3. The van der Waals surface area contributed by atoms with E-state index in [1.54, 1.807) is 32.9 Å². The van der Waals surface area contributed by atoms with Crippen molar-refractivity contribution >= 4 is 64.9 Å². The van der Waals surface area contributed by atoms with Crippen LogP contribution in [0.3, 0.4) is 0 Å². The molecular weight excluding hydrogens is 1530 g/mol. The van der Waals surface area contributed by atoms with Crippen LogP contribution in [0.25, 0.3) is 0 Å². The Hall–Kier alpha value is -11.2. The topological polar surface area (TPSA) is 256 Å². The molecule has 3 amide bonds. The minimum Gasteiger partial charge on any atom is -0.502 e. The maximum atomic E-state index is 15.2. The second kappa shape index (κ2) is 30.8. The zero-order valence-corrected chi connectivity index (χ0v) is 61.8. The predicted molar refractivity (Wildman–Crippen MR) is 392 cm³/mol. The van der Waals surface area contributed by atoms with Crippen molar-refractivity contribution in [2.24, 2.45) is 0 Å². The number of esters is 2. The highest BCUT2D eigenvalue weighted by Gasteiger charge is 2.51. The summed E-state index contributed by atoms with van der Waals surface area (Å²) in [7, 11) is 0. The molecule has 3 saturated heterocycles. The second-order valence-electron chi connectivity index (χ2n) is 26.7. The highest BCUT2D eigenvalue weighted by molar-refractivity contribution is 7.99. The van der Waals surface area contributed by atoms with Crippen molar-refractivity contribution in [3.8, 4) is 17.2 Å². The van der Waals surface area contributed by atoms with Crippen molar-refractivity contribution in [1.29, 1.82) is 0 Å². The molecule has 34 heteroatoms. The fourth-order valence-electron chi connectivity index (χ4n) is 15.5. The summed E-state index contributed by atoms with van der Waals surface area (Å²) in [4.78, 5) is 109. The minimum absolute atomic E-state index is 0.0636. The number of amides is 3. The Balaban J connectivity index is 0.000000127. The summed E-state index contributed by atoms with van der Waals surface area (Å²) in [5, 5.41) is 16.1. The van der Waals surface area contributed by atoms with Crippen LogP contribution in [-0.2, 0) is 50.5 Å². The van der Waals surface area contributed by atoms with E-state index in [1.165, 1.54) is 100.0 Å². The zero-order valence-electron chi connectivity index (χ0n) is 59.3. The number of hydrogen-bond acceptors (Lipinski definition) is 22. The van der Waals surface area contributed by atoms with Crippen LogP contribution in [-0.4, -0.2) is 155 Å². The number of ether oxygens (including phenoxy) is 7. The Morgan fingerprint density at radius 2 is 0.732 bits per heavy atom. The van der Waals surface area contributed by atoms with Crippen LogP contribution in [0.5, 0.6) is 17.2 Å². The van der Waals surface area contributed by atoms with Crippen LogP contribution in [0.4, 0.5) is 26.3 Å². The van der Waals surface area contributed by atoms with Crippen LogP contribution in [0.1, 0.15) is 114 Å². The molecule has 0 spiro atoms. The summed E-state index contributed by atoms with van der Waals surface area (Å²) >= 11 is 4.20. The van der Waals surface area contributed by atoms with E-state index in [9.17, 15) is 56.6 Å². The molecule has 578 valence electrons. The quantitative estimate of drug-likeness (QED) is 0.0802. The van der Waals surface area contributed by atoms with Gasteiger partial charge >= 0.3 is 11.9 Å². The molecule has 0 radical (unpaired) electrons. The van der Waals surface area contributed by atoms with Crippen molar-refractivity contribution in [3.63, 3.8) is 0 Å². The van der Waals surface area contributed by atoms with Gasteiger partial charge in [-0.25, -0.2) is 26.3 Å². The molecule has 0 aliphatic carbocycles. The number of aromatic nitrogens is 3. The number of carbonyl (C=O) groups excluding carboxylic acids is 5. The van der Waals surface area contributed by atoms with Crippen LogP contribution >= 0.6 is 35.3 Å². The Morgan fingerprint density at radius 1 is 0.420 bits per heavy atom. The number of thioether (sulfide) groups is 3. The molecule has 18 rings (SSSR count). The molecule has 1 N–H and O–H groups in total. The number of morpholine rings is 3. The van der Waals surface area contributed by atoms with E-state index < -0.39 is 137 Å². The van der Waals surface area contributed by atoms with Crippen molar-refractivity contribution < 1.29 is 88.6 Å². The average Bonchev–Trinajstić information content (AvgIpc) is 1.65. The van der Waals surface area contributed by atoms with E-state index in [2.05, 4.69) is 0 Å². The van der Waals surface area contributed by atoms with Gasteiger partial charge in [-0.3, -0.25) is 67.4 Å². The van der Waals surface area contributed by atoms with Gasteiger partial charge in [0, 0.05) is 119 Å². The lowest BCUT2D eigenvalue weighted by Crippen LogP contribution is -2.66. The zero-order chi connectivity index (χ0) is 78.1. The van der Waals surface area contributed by atoms with Crippen molar-refractivity contribution in [2.45, 2.75) is 82.4 Å². The van der Waals surface area contributed by atoms with Gasteiger partial charge in [0.05, 0.1) is 57.8 Å². The largest absolute Gasteiger partial charge is 0.502 e. The summed E-state index contributed by atoms with van der Waals surface area (Å²) < 4.78 is 131. The summed E-state index contributed by atoms with van der Waals surface area (Å²) in [5.74, 6) is -8.76. The molecule has 9 aromatic rings. The lowest BCUT2D eigenvalue weighted by Gasteiger charge is -2.51. The number of rotatable bonds is 9. The molecule has 0 saturated carbocycles. The maximum absolute atomic E-state index is 15.2. The number of benzene rings is 6. The highest BCUT2D eigenvalue weighted by Crippen LogP contribution is 2.50. The SMILES string of the molecule is CC(=O)OCOc1c2n(ccc1=O)N([C@@H]1c3ccccc3SCc3c1ccc(F)c3F)[C@@H]1COCCN1C2=O.CC(=O)OCOc1c2n(ccc1=O)N([C@@H]1c3ccccc3SCc3c1ccc(F)c3F)[C@@H]1COCCN1C2=O.O=C1c2c(O)c(=O)ccn2N([C@@H]2c3ccccc3SCc3c2ccc(F)c3F)[C@@H]2COCCN12. The second-order valence-corrected chi connectivity index (χ2v) is 29.8. The van der Waals surface area contributed by atoms with Gasteiger partial charge in [-0.2, -0.15) is 0 Å². The third-order valence-electron chi connectivity index (χ3n) is 20.5. The number of nitrogens with zero attached hydrogens (tertiary/aromatic N) is 9. The number of hydrogen-bond donors (Lipinski definition) is 1. The van der Waals surface area contributed by atoms with Gasteiger partial charge in [-0.05, 0) is 69.8 Å². The standard InChI is InChI=1S/2C27H23F2N3O6S.C24H19F2N3O4S/c2*1-15(33)37-14-38-26-20(34)8-9-31-25(26)27(35)30-10-11-36-12-22(30)32(31)24-16-6-7-19(28)23(29)18(16)13-39-21-5-3-2-4-17(21)24;25-16-6-5-13-15(20(16)26)12-34-18-4-2-1-3-14(18)21(13)29-19-11-33-10-9-27(19)24(32)22-23(31)17(30)7-8-28(22)29/h2*2-9,22,24H,10-14H2,1H3;1-8,19,21,31H,9-12H2/t2*22-,24+;19-,21+/m111/s1. The fourth-order valence-corrected chi connectivity index (χ4v) is 18.9. The molecule has 112 heavy (non-hydrogen) atoms. The van der Waals surface area contributed by atoms with Gasteiger partial charge in [0.2, 0.25) is 41.4 Å². The van der Waals surface area contributed by atoms with E-state index in [0.29, 0.717) is 23.3 Å². The third-order valence-corrected chi connectivity index (χ3v) is 23.9. The predicted octanol–water partition coefficient (Wildman–Crippen LogP) is 9.32. The van der Waals surface area contributed by atoms with E-state index in [-0.39, 0.29) is 115 Å². The summed E-state index contributed by atoms with van der Waals surface area (Å²) in [6, 6.07) is 32.3. The molecule has 0 bridgehead atoms. The van der Waals surface area contributed by atoms with Crippen molar-refractivity contribution in [2.75, 3.05) is 87.9 Å². The van der Waals surface area contributed by atoms with Crippen LogP contribution in [0.2, 0.25) is 0 Å². The molecule has 25 nitrogen and oxygen atoms in total. The molecule has 9 aliphatic heterocycles. The van der Waals surface area contributed by atoms with Crippen molar-refractivity contribution in [1.82, 2.24) is 28.7 Å². The average molecular weight is 1590 g/mol. The van der Waals surface area contributed by atoms with Crippen LogP contribution < -0.4 is 40.8 Å². The Morgan fingerprint density at radius 3 is 1.07 bits per heavy atom. The van der Waals surface area contributed by atoms with Crippen LogP contribution in [0, 0.1) is 34.9 Å². The Bertz CT molecular complexity index is 5320. The van der Waals surface area contributed by atoms with E-state index in [0.717, 1.165) is 49.6 Å². The molecule has 12 heterocycles. The van der Waals surface area contributed by atoms with Gasteiger partial charge in [0.1, 0.15) is 18.5 Å². The lowest BCUT2D eigenvalue weighted by molar-refractivity contribution is -0.148. The number of pyridine rings is 3. The number of fused-ring (bicyclic) bond motifs is 12. The maximum Gasteiger partial charge on any atom is 0.305 e. The summed E-state index contributed by atoms with van der Waals surface area (Å²) in [6.45, 7) is 3.34. The summed E-state index contributed by atoms with van der Waals surface area (Å²) in [6.07, 6.45) is 2.48. The highest BCUT2D eigenvalue weighted by atomic mass is 32.2. The third kappa shape index (κ3) is 13.2. The molecule has 6 atom stereocenters. The number of aromatic hydroxyl groups is 1. The van der Waals surface area contributed by atoms with Gasteiger partial charge in [-0.1, -0.05) is 72.8 Å². The van der Waals surface area contributed by atoms with Crippen molar-refractivity contribution in [3.05, 3.63) is 279 Å². The van der Waals surface area contributed by atoms with Gasteiger partial charge in [-0.15, -0.1) is 35.3 Å². The lowest BCUT2D eigenvalue weighted by atomic mass is 9.93. The van der Waals surface area contributed by atoms with Gasteiger partial charge < -0.3 is 53.0 Å². The van der Waals surface area contributed by atoms with Crippen LogP contribution in [0.15, 0.2) is 175 Å². The first kappa shape index (κ1) is 74.9. The van der Waals surface area contributed by atoms with E-state index >= 15 is 13.2 Å². The van der Waals surface area contributed by atoms with Gasteiger partial charge in [0.15, 0.2) is 57.7 Å². The van der Waals surface area contributed by atoms with E-state index in [1.807, 2.05) is 87.8 Å².